The van der Waals surface area contributed by atoms with Crippen LogP contribution in [0.3, 0.4) is 0 Å². The van der Waals surface area contributed by atoms with Crippen LogP contribution in [0.2, 0.25) is 0 Å². The fourth-order valence-corrected chi connectivity index (χ4v) is 2.82. The molecule has 3 N–H and O–H groups in total. The predicted molar refractivity (Wildman–Crippen MR) is 97.9 cm³/mol. The largest absolute Gasteiger partial charge is 0.493 e. The molecule has 0 aliphatic rings. The lowest BCUT2D eigenvalue weighted by Crippen LogP contribution is -2.30. The first-order valence-corrected chi connectivity index (χ1v) is 8.41. The van der Waals surface area contributed by atoms with E-state index in [1.54, 1.807) is 4.57 Å². The summed E-state index contributed by atoms with van der Waals surface area (Å²) in [5, 5.41) is 18.9. The minimum Gasteiger partial charge on any atom is -0.493 e. The SMILES string of the molecule is NC(=S)N=Nc1c(O)n(CN(CCCl)CCCl)c2ccccc12. The van der Waals surface area contributed by atoms with E-state index in [4.69, 9.17) is 41.2 Å². The van der Waals surface area contributed by atoms with E-state index in [-0.39, 0.29) is 11.0 Å². The topological polar surface area (TPSA) is 79.1 Å². The molecule has 0 radical (unpaired) electrons. The Morgan fingerprint density at radius 1 is 1.26 bits per heavy atom. The summed E-state index contributed by atoms with van der Waals surface area (Å²) in [6, 6.07) is 7.50. The number of azo groups is 1. The van der Waals surface area contributed by atoms with Gasteiger partial charge in [-0.2, -0.15) is 0 Å². The Morgan fingerprint density at radius 2 is 1.91 bits per heavy atom. The summed E-state index contributed by atoms with van der Waals surface area (Å²) in [6.45, 7) is 1.75. The minimum absolute atomic E-state index is 0.000319. The Bertz CT molecular complexity index is 713. The molecule has 0 bridgehead atoms. The highest BCUT2D eigenvalue weighted by Gasteiger charge is 2.18. The van der Waals surface area contributed by atoms with Crippen molar-refractivity contribution in [3.8, 4) is 5.88 Å². The fourth-order valence-electron chi connectivity index (χ4n) is 2.30. The zero-order valence-electron chi connectivity index (χ0n) is 12.3. The molecular weight excluding hydrogens is 357 g/mol. The first-order valence-electron chi connectivity index (χ1n) is 6.94. The standard InChI is InChI=1S/C14H17Cl2N5OS/c15-5-7-20(8-6-16)9-21-11-4-2-1-3-10(11)12(13(21)22)18-19-14(17)23/h1-4,22H,5-9H2,(H2,17,23). The zero-order chi connectivity index (χ0) is 16.8. The van der Waals surface area contributed by atoms with Gasteiger partial charge in [0.15, 0.2) is 5.69 Å². The maximum atomic E-state index is 10.5. The molecule has 1 aromatic carbocycles. The van der Waals surface area contributed by atoms with Crippen molar-refractivity contribution < 1.29 is 5.11 Å². The van der Waals surface area contributed by atoms with Gasteiger partial charge >= 0.3 is 0 Å². The van der Waals surface area contributed by atoms with Gasteiger partial charge in [0.25, 0.3) is 0 Å². The van der Waals surface area contributed by atoms with Crippen LogP contribution in [0.4, 0.5) is 5.69 Å². The summed E-state index contributed by atoms with van der Waals surface area (Å²) in [5.41, 5.74) is 6.51. The summed E-state index contributed by atoms with van der Waals surface area (Å²) in [6.07, 6.45) is 0. The van der Waals surface area contributed by atoms with Gasteiger partial charge in [-0.1, -0.05) is 18.2 Å². The Kier molecular flexibility index (Phi) is 6.59. The van der Waals surface area contributed by atoms with Crippen LogP contribution in [-0.4, -0.2) is 44.5 Å². The third kappa shape index (κ3) is 4.32. The number of nitrogens with zero attached hydrogens (tertiary/aromatic N) is 4. The van der Waals surface area contributed by atoms with E-state index in [9.17, 15) is 5.11 Å². The molecule has 6 nitrogen and oxygen atoms in total. The molecule has 0 fully saturated rings. The number of aromatic nitrogens is 1. The van der Waals surface area contributed by atoms with Crippen molar-refractivity contribution >= 4 is 57.1 Å². The number of nitrogens with two attached hydrogens (primary N) is 1. The van der Waals surface area contributed by atoms with Gasteiger partial charge in [0.1, 0.15) is 0 Å². The van der Waals surface area contributed by atoms with Crippen molar-refractivity contribution in [3.63, 3.8) is 0 Å². The second-order valence-electron chi connectivity index (χ2n) is 4.79. The zero-order valence-corrected chi connectivity index (χ0v) is 14.7. The Balaban J connectivity index is 2.46. The molecule has 2 rings (SSSR count). The third-order valence-electron chi connectivity index (χ3n) is 3.31. The molecule has 0 atom stereocenters. The van der Waals surface area contributed by atoms with Gasteiger partial charge in [0.2, 0.25) is 11.0 Å². The molecule has 0 spiro atoms. The van der Waals surface area contributed by atoms with Gasteiger partial charge in [-0.15, -0.1) is 33.4 Å². The molecule has 0 aliphatic carbocycles. The number of aromatic hydroxyl groups is 1. The summed E-state index contributed by atoms with van der Waals surface area (Å²) < 4.78 is 1.74. The summed E-state index contributed by atoms with van der Waals surface area (Å²) in [5.74, 6) is 0.954. The molecule has 0 aliphatic heterocycles. The monoisotopic (exact) mass is 373 g/mol. The highest BCUT2D eigenvalue weighted by atomic mass is 35.5. The van der Waals surface area contributed by atoms with Crippen molar-refractivity contribution in [2.24, 2.45) is 16.0 Å². The summed E-state index contributed by atoms with van der Waals surface area (Å²) in [4.78, 5) is 2.04. The molecule has 0 saturated carbocycles. The van der Waals surface area contributed by atoms with Crippen molar-refractivity contribution in [2.45, 2.75) is 6.67 Å². The molecule has 9 heteroatoms. The highest BCUT2D eigenvalue weighted by Crippen LogP contribution is 2.38. The van der Waals surface area contributed by atoms with Crippen molar-refractivity contribution in [1.82, 2.24) is 9.47 Å². The van der Waals surface area contributed by atoms with Gasteiger partial charge in [-0.25, -0.2) is 0 Å². The van der Waals surface area contributed by atoms with Crippen LogP contribution in [0.1, 0.15) is 0 Å². The molecular formula is C14H17Cl2N5OS. The van der Waals surface area contributed by atoms with Gasteiger partial charge in [-0.3, -0.25) is 9.47 Å². The number of rotatable bonds is 7. The van der Waals surface area contributed by atoms with E-state index < -0.39 is 0 Å². The number of para-hydroxylation sites is 1. The van der Waals surface area contributed by atoms with Crippen LogP contribution in [0.15, 0.2) is 34.5 Å². The van der Waals surface area contributed by atoms with Gasteiger partial charge in [0, 0.05) is 30.2 Å². The lowest BCUT2D eigenvalue weighted by Gasteiger charge is -2.21. The number of hydrogen-bond acceptors (Lipinski definition) is 4. The quantitative estimate of drug-likeness (QED) is 0.442. The smallest absolute Gasteiger partial charge is 0.221 e. The van der Waals surface area contributed by atoms with Crippen LogP contribution in [0.5, 0.6) is 5.88 Å². The predicted octanol–water partition coefficient (Wildman–Crippen LogP) is 3.41. The average molecular weight is 374 g/mol. The number of benzene rings is 1. The fraction of sp³-hybridized carbons (Fsp3) is 0.357. The molecule has 2 aromatic rings. The average Bonchev–Trinajstić information content (AvgIpc) is 2.78. The lowest BCUT2D eigenvalue weighted by molar-refractivity contribution is 0.235. The summed E-state index contributed by atoms with van der Waals surface area (Å²) in [7, 11) is 0. The van der Waals surface area contributed by atoms with Crippen molar-refractivity contribution in [1.29, 1.82) is 0 Å². The van der Waals surface area contributed by atoms with E-state index in [1.807, 2.05) is 29.2 Å². The first-order chi connectivity index (χ1) is 11.1. The second kappa shape index (κ2) is 8.44. The Labute approximate surface area is 149 Å². The first kappa shape index (κ1) is 17.9. The molecule has 1 heterocycles. The normalized spacial score (nSPS) is 11.8. The molecule has 124 valence electrons. The molecule has 23 heavy (non-hydrogen) atoms. The number of alkyl halides is 2. The molecule has 0 amide bonds. The molecule has 1 aromatic heterocycles. The van der Waals surface area contributed by atoms with Crippen LogP contribution in [-0.2, 0) is 6.67 Å². The Hall–Kier alpha value is -1.41. The third-order valence-corrected chi connectivity index (χ3v) is 3.73. The van der Waals surface area contributed by atoms with Crippen LogP contribution in [0.25, 0.3) is 10.9 Å². The maximum Gasteiger partial charge on any atom is 0.221 e. The number of fused-ring (bicyclic) bond motifs is 1. The van der Waals surface area contributed by atoms with Gasteiger partial charge in [0.05, 0.1) is 12.2 Å². The highest BCUT2D eigenvalue weighted by molar-refractivity contribution is 7.80. The number of hydrogen-bond donors (Lipinski definition) is 2. The van der Waals surface area contributed by atoms with Crippen LogP contribution >= 0.6 is 35.4 Å². The van der Waals surface area contributed by atoms with Gasteiger partial charge < -0.3 is 10.8 Å². The van der Waals surface area contributed by atoms with E-state index in [0.717, 1.165) is 10.9 Å². The lowest BCUT2D eigenvalue weighted by atomic mass is 10.2. The van der Waals surface area contributed by atoms with Crippen molar-refractivity contribution in [3.05, 3.63) is 24.3 Å². The van der Waals surface area contributed by atoms with E-state index in [1.165, 1.54) is 0 Å². The van der Waals surface area contributed by atoms with E-state index >= 15 is 0 Å². The van der Waals surface area contributed by atoms with Crippen LogP contribution in [0, 0.1) is 0 Å². The summed E-state index contributed by atoms with van der Waals surface area (Å²) >= 11 is 16.4. The van der Waals surface area contributed by atoms with Gasteiger partial charge in [-0.05, 0) is 18.3 Å². The second-order valence-corrected chi connectivity index (χ2v) is 5.97. The van der Waals surface area contributed by atoms with E-state index in [0.29, 0.717) is 37.2 Å². The molecule has 0 unspecified atom stereocenters. The number of thiocarbonyl (C=S) groups is 1. The van der Waals surface area contributed by atoms with E-state index in [2.05, 4.69) is 10.2 Å². The maximum absolute atomic E-state index is 10.5. The van der Waals surface area contributed by atoms with Crippen LogP contribution < -0.4 is 5.73 Å². The minimum atomic E-state index is -0.0906. The number of halogens is 2. The Morgan fingerprint density at radius 3 is 2.52 bits per heavy atom. The molecule has 0 saturated heterocycles. The van der Waals surface area contributed by atoms with Crippen molar-refractivity contribution in [2.75, 3.05) is 24.8 Å².